The van der Waals surface area contributed by atoms with Crippen LogP contribution in [-0.2, 0) is 13.1 Å². The summed E-state index contributed by atoms with van der Waals surface area (Å²) in [7, 11) is 0. The Hall–Kier alpha value is -1.26. The Labute approximate surface area is 157 Å². The first-order chi connectivity index (χ1) is 10.8. The normalized spacial score (nSPS) is 15.3. The molecule has 3 nitrogen and oxygen atoms in total. The van der Waals surface area contributed by atoms with Crippen LogP contribution in [0.3, 0.4) is 0 Å². The number of halogens is 2. The van der Waals surface area contributed by atoms with Crippen molar-refractivity contribution in [2.24, 2.45) is 0 Å². The molecule has 0 amide bonds. The minimum atomic E-state index is 0. The van der Waals surface area contributed by atoms with Crippen molar-refractivity contribution in [1.29, 1.82) is 0 Å². The van der Waals surface area contributed by atoms with Crippen molar-refractivity contribution in [3.63, 3.8) is 0 Å². The zero-order valence-corrected chi connectivity index (χ0v) is 15.5. The summed E-state index contributed by atoms with van der Waals surface area (Å²) < 4.78 is 0. The van der Waals surface area contributed by atoms with E-state index < -0.39 is 0 Å². The number of likely N-dealkylation sites (tertiary alicyclic amines) is 1. The summed E-state index contributed by atoms with van der Waals surface area (Å²) in [5.41, 5.74) is 9.49. The van der Waals surface area contributed by atoms with Crippen LogP contribution in [0.5, 0.6) is 0 Å². The second-order valence-corrected chi connectivity index (χ2v) is 6.12. The molecule has 1 fully saturated rings. The molecular weight excluding hydrogens is 341 g/mol. The standard InChI is InChI=1S/C19H25N3.2ClH/c20-19-9-5-4-8-17(19)14-21-18-10-12-22(13-11-18)15-16-6-2-1-3-7-16;;/h1-9,18,21H,10-15,20H2;2*1H. The molecule has 0 atom stereocenters. The molecule has 132 valence electrons. The van der Waals surface area contributed by atoms with Gasteiger partial charge in [-0.1, -0.05) is 48.5 Å². The van der Waals surface area contributed by atoms with Crippen LogP contribution in [0.4, 0.5) is 5.69 Å². The molecule has 0 bridgehead atoms. The number of hydrogen-bond donors (Lipinski definition) is 2. The SMILES string of the molecule is Cl.Cl.Nc1ccccc1CNC1CCN(Cc2ccccc2)CC1. The monoisotopic (exact) mass is 367 g/mol. The third-order valence-electron chi connectivity index (χ3n) is 4.47. The van der Waals surface area contributed by atoms with Crippen LogP contribution in [0, 0.1) is 0 Å². The van der Waals surface area contributed by atoms with Crippen molar-refractivity contribution < 1.29 is 0 Å². The van der Waals surface area contributed by atoms with Gasteiger partial charge in [0.15, 0.2) is 0 Å². The fourth-order valence-electron chi connectivity index (χ4n) is 3.09. The molecule has 1 aliphatic heterocycles. The Bertz CT molecular complexity index is 584. The highest BCUT2D eigenvalue weighted by Gasteiger charge is 2.18. The molecule has 5 heteroatoms. The second kappa shape index (κ2) is 10.6. The Morgan fingerprint density at radius 3 is 2.21 bits per heavy atom. The zero-order valence-electron chi connectivity index (χ0n) is 13.9. The Morgan fingerprint density at radius 2 is 1.54 bits per heavy atom. The molecule has 1 saturated heterocycles. The minimum absolute atomic E-state index is 0. The molecule has 2 aromatic carbocycles. The summed E-state index contributed by atoms with van der Waals surface area (Å²) in [4.78, 5) is 2.55. The van der Waals surface area contributed by atoms with E-state index in [0.29, 0.717) is 6.04 Å². The molecule has 0 radical (unpaired) electrons. The van der Waals surface area contributed by atoms with Gasteiger partial charge in [0.05, 0.1) is 0 Å². The number of piperidine rings is 1. The van der Waals surface area contributed by atoms with Gasteiger partial charge in [0.1, 0.15) is 0 Å². The van der Waals surface area contributed by atoms with Gasteiger partial charge in [-0.15, -0.1) is 24.8 Å². The van der Waals surface area contributed by atoms with E-state index in [0.717, 1.165) is 31.9 Å². The summed E-state index contributed by atoms with van der Waals surface area (Å²) in [6, 6.07) is 19.5. The number of nitrogen functional groups attached to an aromatic ring is 1. The molecule has 3 N–H and O–H groups in total. The number of nitrogens with one attached hydrogen (secondary N) is 1. The highest BCUT2D eigenvalue weighted by molar-refractivity contribution is 5.85. The number of anilines is 1. The number of nitrogens with two attached hydrogens (primary N) is 1. The van der Waals surface area contributed by atoms with Crippen LogP contribution in [0.25, 0.3) is 0 Å². The first kappa shape index (κ1) is 20.8. The molecular formula is C19H27Cl2N3. The molecule has 0 saturated carbocycles. The van der Waals surface area contributed by atoms with Gasteiger partial charge in [0.25, 0.3) is 0 Å². The third kappa shape index (κ3) is 5.99. The lowest BCUT2D eigenvalue weighted by Crippen LogP contribution is -2.41. The molecule has 24 heavy (non-hydrogen) atoms. The second-order valence-electron chi connectivity index (χ2n) is 6.12. The van der Waals surface area contributed by atoms with Crippen LogP contribution < -0.4 is 11.1 Å². The maximum absolute atomic E-state index is 6.00. The van der Waals surface area contributed by atoms with Gasteiger partial charge in [0, 0.05) is 24.8 Å². The topological polar surface area (TPSA) is 41.3 Å². The van der Waals surface area contributed by atoms with Crippen LogP contribution in [-0.4, -0.2) is 24.0 Å². The molecule has 0 aliphatic carbocycles. The van der Waals surface area contributed by atoms with Crippen LogP contribution in [0.1, 0.15) is 24.0 Å². The summed E-state index contributed by atoms with van der Waals surface area (Å²) in [6.45, 7) is 4.27. The van der Waals surface area contributed by atoms with E-state index in [9.17, 15) is 0 Å². The lowest BCUT2D eigenvalue weighted by molar-refractivity contribution is 0.190. The average Bonchev–Trinajstić information content (AvgIpc) is 2.56. The Balaban J connectivity index is 0.00000144. The number of para-hydroxylation sites is 1. The van der Waals surface area contributed by atoms with Gasteiger partial charge >= 0.3 is 0 Å². The fraction of sp³-hybridized carbons (Fsp3) is 0.368. The average molecular weight is 368 g/mol. The first-order valence-corrected chi connectivity index (χ1v) is 8.14. The minimum Gasteiger partial charge on any atom is -0.398 e. The summed E-state index contributed by atoms with van der Waals surface area (Å²) >= 11 is 0. The predicted octanol–water partition coefficient (Wildman–Crippen LogP) is 3.87. The lowest BCUT2D eigenvalue weighted by atomic mass is 10.0. The van der Waals surface area contributed by atoms with E-state index in [1.165, 1.54) is 24.0 Å². The maximum Gasteiger partial charge on any atom is 0.0359 e. The van der Waals surface area contributed by atoms with Gasteiger partial charge in [-0.25, -0.2) is 0 Å². The van der Waals surface area contributed by atoms with Crippen molar-refractivity contribution in [2.45, 2.75) is 32.0 Å². The molecule has 0 aromatic heterocycles. The third-order valence-corrected chi connectivity index (χ3v) is 4.47. The number of rotatable bonds is 5. The first-order valence-electron chi connectivity index (χ1n) is 8.14. The fourth-order valence-corrected chi connectivity index (χ4v) is 3.09. The van der Waals surface area contributed by atoms with Gasteiger partial charge in [0.2, 0.25) is 0 Å². The molecule has 3 rings (SSSR count). The highest BCUT2D eigenvalue weighted by atomic mass is 35.5. The maximum atomic E-state index is 6.00. The molecule has 0 spiro atoms. The zero-order chi connectivity index (χ0) is 15.2. The van der Waals surface area contributed by atoms with E-state index in [-0.39, 0.29) is 24.8 Å². The lowest BCUT2D eigenvalue weighted by Gasteiger charge is -2.32. The van der Waals surface area contributed by atoms with Gasteiger partial charge in [-0.3, -0.25) is 4.90 Å². The van der Waals surface area contributed by atoms with Gasteiger partial charge in [-0.05, 0) is 43.1 Å². The summed E-state index contributed by atoms with van der Waals surface area (Å²) in [6.07, 6.45) is 2.42. The van der Waals surface area contributed by atoms with Crippen molar-refractivity contribution in [3.05, 3.63) is 65.7 Å². The predicted molar refractivity (Wildman–Crippen MR) is 107 cm³/mol. The van der Waals surface area contributed by atoms with Crippen molar-refractivity contribution in [1.82, 2.24) is 10.2 Å². The molecule has 2 aromatic rings. The summed E-state index contributed by atoms with van der Waals surface area (Å²) in [5.74, 6) is 0. The van der Waals surface area contributed by atoms with Gasteiger partial charge in [-0.2, -0.15) is 0 Å². The smallest absolute Gasteiger partial charge is 0.0359 e. The van der Waals surface area contributed by atoms with Crippen molar-refractivity contribution in [3.8, 4) is 0 Å². The summed E-state index contributed by atoms with van der Waals surface area (Å²) in [5, 5.41) is 3.66. The Morgan fingerprint density at radius 1 is 0.917 bits per heavy atom. The van der Waals surface area contributed by atoms with E-state index in [2.05, 4.69) is 52.7 Å². The van der Waals surface area contributed by atoms with Crippen LogP contribution >= 0.6 is 24.8 Å². The van der Waals surface area contributed by atoms with E-state index in [1.54, 1.807) is 0 Å². The van der Waals surface area contributed by atoms with E-state index >= 15 is 0 Å². The molecule has 0 unspecified atom stereocenters. The van der Waals surface area contributed by atoms with Gasteiger partial charge < -0.3 is 11.1 Å². The van der Waals surface area contributed by atoms with Crippen LogP contribution in [0.15, 0.2) is 54.6 Å². The number of nitrogens with zero attached hydrogens (tertiary/aromatic N) is 1. The number of benzene rings is 2. The van der Waals surface area contributed by atoms with E-state index in [4.69, 9.17) is 5.73 Å². The molecule has 1 aliphatic rings. The highest BCUT2D eigenvalue weighted by Crippen LogP contribution is 2.16. The van der Waals surface area contributed by atoms with Crippen LogP contribution in [0.2, 0.25) is 0 Å². The quantitative estimate of drug-likeness (QED) is 0.788. The largest absolute Gasteiger partial charge is 0.398 e. The van der Waals surface area contributed by atoms with E-state index in [1.807, 2.05) is 12.1 Å². The van der Waals surface area contributed by atoms with Crippen molar-refractivity contribution >= 4 is 30.5 Å². The van der Waals surface area contributed by atoms with Crippen molar-refractivity contribution in [2.75, 3.05) is 18.8 Å². The number of hydrogen-bond acceptors (Lipinski definition) is 3. The molecule has 1 heterocycles. The Kier molecular flexibility index (Phi) is 9.16.